The largest absolute Gasteiger partial charge is 0.0934 e. The van der Waals surface area contributed by atoms with Crippen molar-refractivity contribution in [2.45, 2.75) is 6.42 Å². The highest BCUT2D eigenvalue weighted by atomic mass is 127. The zero-order valence-corrected chi connectivity index (χ0v) is 11.2. The van der Waals surface area contributed by atoms with Crippen molar-refractivity contribution in [1.82, 2.24) is 0 Å². The van der Waals surface area contributed by atoms with Crippen LogP contribution in [0.2, 0.25) is 0 Å². The van der Waals surface area contributed by atoms with Crippen LogP contribution in [0.3, 0.4) is 0 Å². The van der Waals surface area contributed by atoms with Gasteiger partial charge in [-0.3, -0.25) is 0 Å². The van der Waals surface area contributed by atoms with Crippen molar-refractivity contribution in [3.05, 3.63) is 49.5 Å². The normalized spacial score (nSPS) is 17.8. The first-order chi connectivity index (χ1) is 6.84. The second kappa shape index (κ2) is 3.42. The van der Waals surface area contributed by atoms with Gasteiger partial charge in [-0.2, -0.15) is 0 Å². The second-order valence-corrected chi connectivity index (χ2v) is 6.42. The van der Waals surface area contributed by atoms with Gasteiger partial charge < -0.3 is 0 Å². The van der Waals surface area contributed by atoms with Gasteiger partial charge in [0.05, 0.1) is 0 Å². The Morgan fingerprint density at radius 2 is 2.21 bits per heavy atom. The molecule has 2 heteroatoms. The van der Waals surface area contributed by atoms with Crippen molar-refractivity contribution in [1.29, 1.82) is 0 Å². The Balaban J connectivity index is 2.23. The highest BCUT2D eigenvalue weighted by Crippen LogP contribution is 2.40. The minimum absolute atomic E-state index is 0.194. The smallest absolute Gasteiger partial charge is 0.0178 e. The number of halogens is 2. The number of hydrogen-bond acceptors (Lipinski definition) is 0. The fourth-order valence-electron chi connectivity index (χ4n) is 1.95. The molecule has 0 aromatic heterocycles. The summed E-state index contributed by atoms with van der Waals surface area (Å²) in [4.78, 5) is 0. The minimum Gasteiger partial charge on any atom is -0.0934 e. The van der Waals surface area contributed by atoms with E-state index in [1.165, 1.54) is 21.2 Å². The van der Waals surface area contributed by atoms with Crippen molar-refractivity contribution < 1.29 is 0 Å². The Kier molecular flexibility index (Phi) is 2.21. The molecule has 1 aromatic rings. The van der Waals surface area contributed by atoms with Crippen molar-refractivity contribution >= 4 is 46.2 Å². The molecule has 14 heavy (non-hydrogen) atoms. The summed E-state index contributed by atoms with van der Waals surface area (Å²) in [5.41, 5.74) is 5.91. The van der Waals surface area contributed by atoms with Gasteiger partial charge in [-0.15, -0.1) is 0 Å². The van der Waals surface area contributed by atoms with Gasteiger partial charge in [-0.05, 0) is 55.0 Å². The molecule has 1 heterocycles. The van der Waals surface area contributed by atoms with E-state index < -0.39 is 0 Å². The third-order valence-electron chi connectivity index (χ3n) is 2.58. The van der Waals surface area contributed by atoms with Crippen molar-refractivity contribution in [3.8, 4) is 0 Å². The molecule has 0 nitrogen and oxygen atoms in total. The van der Waals surface area contributed by atoms with Gasteiger partial charge in [0.15, 0.2) is 0 Å². The molecular weight excluding hydrogens is 351 g/mol. The van der Waals surface area contributed by atoms with Gasteiger partial charge in [-0.25, -0.2) is 0 Å². The highest BCUT2D eigenvalue weighted by molar-refractivity contribution is 14.2. The first-order valence-electron chi connectivity index (χ1n) is 4.48. The van der Waals surface area contributed by atoms with Gasteiger partial charge in [-0.1, -0.05) is 42.7 Å². The molecule has 0 unspecified atom stereocenters. The molecule has 0 bridgehead atoms. The van der Waals surface area contributed by atoms with E-state index in [0.717, 1.165) is 6.42 Å². The number of hydrogen-bond donors (Lipinski definition) is 0. The Morgan fingerprint density at radius 1 is 1.29 bits per heavy atom. The fraction of sp³-hybridized carbons (Fsp3) is 0.0833. The number of allylic oxidation sites excluding steroid dienone is 3. The predicted molar refractivity (Wildman–Crippen MR) is 74.0 cm³/mol. The van der Waals surface area contributed by atoms with Crippen LogP contribution < -0.4 is 0 Å². The summed E-state index contributed by atoms with van der Waals surface area (Å²) in [7, 11) is 0. The summed E-state index contributed by atoms with van der Waals surface area (Å²) in [6.45, 7) is 0. The summed E-state index contributed by atoms with van der Waals surface area (Å²) in [5.74, 6) is 0. The molecule has 0 atom stereocenters. The Labute approximate surface area is 102 Å². The van der Waals surface area contributed by atoms with Crippen LogP contribution >= 0.6 is 36.7 Å². The molecule has 0 saturated carbocycles. The van der Waals surface area contributed by atoms with Crippen molar-refractivity contribution in [2.24, 2.45) is 0 Å². The van der Waals surface area contributed by atoms with Crippen LogP contribution in [0.25, 0.3) is 5.57 Å². The molecule has 0 amide bonds. The number of fused-ring (bicyclic) bond motifs is 3. The van der Waals surface area contributed by atoms with E-state index in [9.17, 15) is 0 Å². The molecule has 3 rings (SSSR count). The molecule has 0 spiro atoms. The monoisotopic (exact) mass is 358 g/mol. The molecule has 0 fully saturated rings. The van der Waals surface area contributed by atoms with Crippen LogP contribution in [-0.2, 0) is 6.42 Å². The van der Waals surface area contributed by atoms with Crippen LogP contribution in [0.5, 0.6) is 0 Å². The Bertz CT molecular complexity index is 495. The molecule has 1 aliphatic carbocycles. The lowest BCUT2D eigenvalue weighted by molar-refractivity contribution is 1.27. The average Bonchev–Trinajstić information content (AvgIpc) is 2.54. The summed E-state index contributed by atoms with van der Waals surface area (Å²) >= 11 is 3.72. The molecule has 0 saturated heterocycles. The summed E-state index contributed by atoms with van der Waals surface area (Å²) in [5, 5.41) is 0. The zero-order valence-electron chi connectivity index (χ0n) is 7.43. The molecule has 0 radical (unpaired) electrons. The highest BCUT2D eigenvalue weighted by Gasteiger charge is 2.21. The van der Waals surface area contributed by atoms with E-state index >= 15 is 0 Å². The quantitative estimate of drug-likeness (QED) is 0.613. The van der Waals surface area contributed by atoms with Gasteiger partial charge in [0, 0.05) is 4.47 Å². The standard InChI is InChI=1S/C12H8BrI/c13-10-1-2-11-8(6-10)5-9-7-14-4-3-12(9)11/h1-4,6-7H,5H2. The minimum atomic E-state index is 0.194. The van der Waals surface area contributed by atoms with E-state index in [2.05, 4.69) is 48.3 Å². The maximum Gasteiger partial charge on any atom is 0.0178 e. The average molecular weight is 359 g/mol. The SMILES string of the molecule is Brc1ccc2c(c1)CC1=CI=CC=C12. The number of rotatable bonds is 0. The van der Waals surface area contributed by atoms with Crippen LogP contribution in [0, 0.1) is 0 Å². The summed E-state index contributed by atoms with van der Waals surface area (Å²) < 4.78 is 5.98. The van der Waals surface area contributed by atoms with Crippen molar-refractivity contribution in [3.63, 3.8) is 0 Å². The van der Waals surface area contributed by atoms with Crippen LogP contribution in [0.1, 0.15) is 11.1 Å². The van der Waals surface area contributed by atoms with E-state index in [-0.39, 0.29) is 20.7 Å². The Morgan fingerprint density at radius 3 is 3.14 bits per heavy atom. The first kappa shape index (κ1) is 9.04. The second-order valence-electron chi connectivity index (χ2n) is 3.44. The van der Waals surface area contributed by atoms with Gasteiger partial charge >= 0.3 is 0 Å². The molecule has 1 aliphatic heterocycles. The zero-order chi connectivity index (χ0) is 9.54. The number of benzene rings is 1. The Hall–Kier alpha value is -0.220. The molecule has 1 aromatic carbocycles. The molecule has 70 valence electrons. The van der Waals surface area contributed by atoms with Crippen LogP contribution in [-0.4, -0.2) is 4.01 Å². The van der Waals surface area contributed by atoms with Gasteiger partial charge in [0.25, 0.3) is 0 Å². The summed E-state index contributed by atoms with van der Waals surface area (Å²) in [6.07, 6.45) is 3.44. The third-order valence-corrected chi connectivity index (χ3v) is 4.96. The lowest BCUT2D eigenvalue weighted by Crippen LogP contribution is -1.82. The van der Waals surface area contributed by atoms with Gasteiger partial charge in [0.1, 0.15) is 0 Å². The topological polar surface area (TPSA) is 0 Å². The van der Waals surface area contributed by atoms with E-state index in [0.29, 0.717) is 0 Å². The third kappa shape index (κ3) is 1.36. The molecular formula is C12H8BrI. The van der Waals surface area contributed by atoms with Gasteiger partial charge in [0.2, 0.25) is 0 Å². The predicted octanol–water partition coefficient (Wildman–Crippen LogP) is 4.06. The van der Waals surface area contributed by atoms with Crippen LogP contribution in [0.4, 0.5) is 0 Å². The van der Waals surface area contributed by atoms with E-state index in [1.54, 1.807) is 5.57 Å². The molecule has 0 N–H and O–H groups in total. The van der Waals surface area contributed by atoms with E-state index in [4.69, 9.17) is 0 Å². The first-order valence-corrected chi connectivity index (χ1v) is 7.77. The maximum absolute atomic E-state index is 3.52. The molecule has 2 aliphatic rings. The fourth-order valence-corrected chi connectivity index (χ4v) is 4.12. The van der Waals surface area contributed by atoms with E-state index in [1.807, 2.05) is 0 Å². The lowest BCUT2D eigenvalue weighted by atomic mass is 10.1. The maximum atomic E-state index is 3.52. The summed E-state index contributed by atoms with van der Waals surface area (Å²) in [6, 6.07) is 6.60. The lowest BCUT2D eigenvalue weighted by Gasteiger charge is -2.03. The van der Waals surface area contributed by atoms with Crippen LogP contribution in [0.15, 0.2) is 38.4 Å². The van der Waals surface area contributed by atoms with Crippen molar-refractivity contribution in [2.75, 3.05) is 0 Å².